The Hall–Kier alpha value is -0.370. The van der Waals surface area contributed by atoms with Crippen LogP contribution in [-0.4, -0.2) is 4.98 Å². The van der Waals surface area contributed by atoms with Crippen molar-refractivity contribution in [2.75, 3.05) is 0 Å². The Morgan fingerprint density at radius 3 is 1.85 bits per heavy atom. The normalized spacial score (nSPS) is 11.1. The smallest absolute Gasteiger partial charge is 0.0928 e. The maximum absolute atomic E-state index is 4.63. The maximum Gasteiger partial charge on any atom is 0.0928 e. The average molecular weight is 296 g/mol. The molecule has 0 amide bonds. The molecule has 0 bridgehead atoms. The first-order chi connectivity index (χ1) is 9.86. The van der Waals surface area contributed by atoms with E-state index in [1.54, 1.807) is 0 Å². The molecule has 0 saturated carbocycles. The van der Waals surface area contributed by atoms with Gasteiger partial charge in [-0.2, -0.15) is 0 Å². The number of aromatic nitrogens is 1. The minimum absolute atomic E-state index is 1.08. The molecule has 2 heteroatoms. The van der Waals surface area contributed by atoms with E-state index >= 15 is 0 Å². The first-order valence-electron chi connectivity index (χ1n) is 8.80. The highest BCUT2D eigenvalue weighted by atomic mass is 32.1. The molecule has 1 heterocycles. The van der Waals surface area contributed by atoms with Crippen LogP contribution in [0, 0.1) is 0 Å². The first kappa shape index (κ1) is 17.7. The summed E-state index contributed by atoms with van der Waals surface area (Å²) in [5, 5.41) is 3.56. The van der Waals surface area contributed by atoms with E-state index in [0.29, 0.717) is 0 Å². The third-order valence-corrected chi connectivity index (χ3v) is 4.91. The van der Waals surface area contributed by atoms with E-state index in [-0.39, 0.29) is 0 Å². The van der Waals surface area contributed by atoms with Gasteiger partial charge >= 0.3 is 0 Å². The summed E-state index contributed by atoms with van der Waals surface area (Å²) in [6, 6.07) is 0. The van der Waals surface area contributed by atoms with Gasteiger partial charge in [0.2, 0.25) is 0 Å². The van der Waals surface area contributed by atoms with E-state index in [1.807, 2.05) is 11.3 Å². The standard InChI is InChI=1S/C18H33NS/c1-3-5-6-7-8-9-10-11-12-13-14-15-18-19-17(4-2)16-20-18/h16H,3-15H2,1-2H3. The molecule has 1 aromatic rings. The summed E-state index contributed by atoms with van der Waals surface area (Å²) >= 11 is 1.84. The second-order valence-corrected chi connectivity index (χ2v) is 6.81. The molecule has 0 aliphatic heterocycles. The van der Waals surface area contributed by atoms with Gasteiger partial charge in [0, 0.05) is 5.38 Å². The summed E-state index contributed by atoms with van der Waals surface area (Å²) in [5.74, 6) is 0. The molecule has 0 saturated heterocycles. The summed E-state index contributed by atoms with van der Waals surface area (Å²) in [6.45, 7) is 4.47. The van der Waals surface area contributed by atoms with Gasteiger partial charge < -0.3 is 0 Å². The van der Waals surface area contributed by atoms with Crippen LogP contribution in [0.25, 0.3) is 0 Å². The molecule has 0 aliphatic rings. The Labute approximate surface area is 130 Å². The summed E-state index contributed by atoms with van der Waals surface area (Å²) in [7, 11) is 0. The van der Waals surface area contributed by atoms with E-state index in [9.17, 15) is 0 Å². The highest BCUT2D eigenvalue weighted by Gasteiger charge is 2.00. The molecule has 0 unspecified atom stereocenters. The van der Waals surface area contributed by atoms with E-state index in [0.717, 1.165) is 6.42 Å². The molecule has 0 atom stereocenters. The van der Waals surface area contributed by atoms with Gasteiger partial charge in [-0.15, -0.1) is 11.3 Å². The lowest BCUT2D eigenvalue weighted by molar-refractivity contribution is 0.549. The van der Waals surface area contributed by atoms with Gasteiger partial charge in [0.25, 0.3) is 0 Å². The van der Waals surface area contributed by atoms with Crippen LogP contribution in [0.15, 0.2) is 5.38 Å². The Bertz CT molecular complexity index is 319. The summed E-state index contributed by atoms with van der Waals surface area (Å²) in [6.07, 6.45) is 17.9. The van der Waals surface area contributed by atoms with Crippen molar-refractivity contribution >= 4 is 11.3 Å². The van der Waals surface area contributed by atoms with Crippen LogP contribution in [-0.2, 0) is 12.8 Å². The zero-order chi connectivity index (χ0) is 14.5. The van der Waals surface area contributed by atoms with Crippen LogP contribution >= 0.6 is 11.3 Å². The lowest BCUT2D eigenvalue weighted by atomic mass is 10.1. The number of rotatable bonds is 13. The van der Waals surface area contributed by atoms with E-state index in [2.05, 4.69) is 24.2 Å². The Morgan fingerprint density at radius 1 is 0.800 bits per heavy atom. The van der Waals surface area contributed by atoms with Crippen molar-refractivity contribution in [2.45, 2.75) is 97.3 Å². The Balaban J connectivity index is 1.83. The summed E-state index contributed by atoms with van der Waals surface area (Å²) in [5.41, 5.74) is 1.27. The van der Waals surface area contributed by atoms with Crippen molar-refractivity contribution in [3.8, 4) is 0 Å². The molecular weight excluding hydrogens is 262 g/mol. The van der Waals surface area contributed by atoms with Crippen molar-refractivity contribution in [3.63, 3.8) is 0 Å². The third kappa shape index (κ3) is 8.73. The minimum Gasteiger partial charge on any atom is -0.246 e. The number of hydrogen-bond donors (Lipinski definition) is 0. The topological polar surface area (TPSA) is 12.9 Å². The molecule has 0 fully saturated rings. The Morgan fingerprint density at radius 2 is 1.35 bits per heavy atom. The predicted octanol–water partition coefficient (Wildman–Crippen LogP) is 6.56. The van der Waals surface area contributed by atoms with Crippen molar-refractivity contribution in [2.24, 2.45) is 0 Å². The quantitative estimate of drug-likeness (QED) is 0.375. The van der Waals surface area contributed by atoms with Gasteiger partial charge in [-0.3, -0.25) is 0 Å². The molecule has 0 N–H and O–H groups in total. The predicted molar refractivity (Wildman–Crippen MR) is 91.7 cm³/mol. The van der Waals surface area contributed by atoms with Crippen molar-refractivity contribution in [1.29, 1.82) is 0 Å². The van der Waals surface area contributed by atoms with Gasteiger partial charge in [-0.05, 0) is 19.3 Å². The van der Waals surface area contributed by atoms with Crippen LogP contribution in [0.3, 0.4) is 0 Å². The summed E-state index contributed by atoms with van der Waals surface area (Å²) in [4.78, 5) is 4.63. The number of thiazole rings is 1. The van der Waals surface area contributed by atoms with Crippen LogP contribution < -0.4 is 0 Å². The molecule has 0 spiro atoms. The largest absolute Gasteiger partial charge is 0.246 e. The van der Waals surface area contributed by atoms with Crippen molar-refractivity contribution < 1.29 is 0 Å². The van der Waals surface area contributed by atoms with Gasteiger partial charge in [-0.25, -0.2) is 4.98 Å². The van der Waals surface area contributed by atoms with Gasteiger partial charge in [-0.1, -0.05) is 78.1 Å². The highest BCUT2D eigenvalue weighted by molar-refractivity contribution is 7.09. The fraction of sp³-hybridized carbons (Fsp3) is 0.833. The zero-order valence-corrected chi connectivity index (χ0v) is 14.4. The van der Waals surface area contributed by atoms with Crippen LogP contribution in [0.1, 0.15) is 95.2 Å². The fourth-order valence-corrected chi connectivity index (χ4v) is 3.49. The molecule has 0 radical (unpaired) electrons. The molecule has 20 heavy (non-hydrogen) atoms. The SMILES string of the molecule is CCCCCCCCCCCCCc1nc(CC)cs1. The molecule has 1 nitrogen and oxygen atoms in total. The second kappa shape index (κ2) is 12.4. The molecule has 1 rings (SSSR count). The van der Waals surface area contributed by atoms with E-state index < -0.39 is 0 Å². The monoisotopic (exact) mass is 295 g/mol. The second-order valence-electron chi connectivity index (χ2n) is 5.87. The number of nitrogens with zero attached hydrogens (tertiary/aromatic N) is 1. The Kier molecular flexibility index (Phi) is 10.9. The lowest BCUT2D eigenvalue weighted by Crippen LogP contribution is -1.87. The number of aryl methyl sites for hydroxylation is 2. The molecule has 116 valence electrons. The summed E-state index contributed by atoms with van der Waals surface area (Å²) < 4.78 is 0. The number of hydrogen-bond acceptors (Lipinski definition) is 2. The lowest BCUT2D eigenvalue weighted by Gasteiger charge is -2.02. The highest BCUT2D eigenvalue weighted by Crippen LogP contribution is 2.15. The minimum atomic E-state index is 1.08. The first-order valence-corrected chi connectivity index (χ1v) is 9.68. The zero-order valence-electron chi connectivity index (χ0n) is 13.6. The average Bonchev–Trinajstić information content (AvgIpc) is 2.93. The van der Waals surface area contributed by atoms with Crippen molar-refractivity contribution in [1.82, 2.24) is 4.98 Å². The molecule has 0 aliphatic carbocycles. The van der Waals surface area contributed by atoms with Crippen molar-refractivity contribution in [3.05, 3.63) is 16.1 Å². The maximum atomic E-state index is 4.63. The van der Waals surface area contributed by atoms with E-state index in [1.165, 1.54) is 87.8 Å². The molecular formula is C18H33NS. The van der Waals surface area contributed by atoms with Gasteiger partial charge in [0.1, 0.15) is 0 Å². The van der Waals surface area contributed by atoms with Gasteiger partial charge in [0.15, 0.2) is 0 Å². The fourth-order valence-electron chi connectivity index (χ4n) is 2.57. The third-order valence-electron chi connectivity index (χ3n) is 3.96. The van der Waals surface area contributed by atoms with Crippen LogP contribution in [0.4, 0.5) is 0 Å². The van der Waals surface area contributed by atoms with E-state index in [4.69, 9.17) is 0 Å². The van der Waals surface area contributed by atoms with Gasteiger partial charge in [0.05, 0.1) is 10.7 Å². The molecule has 1 aromatic heterocycles. The molecule has 0 aromatic carbocycles. The van der Waals surface area contributed by atoms with Crippen LogP contribution in [0.5, 0.6) is 0 Å². The van der Waals surface area contributed by atoms with Crippen LogP contribution in [0.2, 0.25) is 0 Å². The number of unbranched alkanes of at least 4 members (excludes halogenated alkanes) is 10.